The monoisotopic (exact) mass is 267 g/mol. The Morgan fingerprint density at radius 2 is 2.11 bits per heavy atom. The van der Waals surface area contributed by atoms with E-state index in [4.69, 9.17) is 14.2 Å². The third-order valence-corrected chi connectivity index (χ3v) is 2.49. The number of unbranched alkanes of at least 4 members (excludes halogenated alkanes) is 1. The van der Waals surface area contributed by atoms with E-state index in [2.05, 4.69) is 12.2 Å². The molecule has 0 aliphatic heterocycles. The van der Waals surface area contributed by atoms with E-state index in [1.807, 2.05) is 0 Å². The number of anilines is 1. The first-order valence-corrected chi connectivity index (χ1v) is 6.30. The Hall–Kier alpha value is -1.75. The molecule has 0 aromatic heterocycles. The highest BCUT2D eigenvalue weighted by molar-refractivity contribution is 5.93. The highest BCUT2D eigenvalue weighted by Crippen LogP contribution is 2.29. The van der Waals surface area contributed by atoms with E-state index in [-0.39, 0.29) is 12.5 Å². The molecule has 0 aliphatic carbocycles. The maximum atomic E-state index is 11.6. The van der Waals surface area contributed by atoms with Gasteiger partial charge in [-0.3, -0.25) is 4.79 Å². The first-order valence-electron chi connectivity index (χ1n) is 6.30. The smallest absolute Gasteiger partial charge is 0.250 e. The number of amides is 1. The van der Waals surface area contributed by atoms with Crippen molar-refractivity contribution in [3.8, 4) is 11.5 Å². The average Bonchev–Trinajstić information content (AvgIpc) is 2.40. The van der Waals surface area contributed by atoms with Crippen LogP contribution in [0.4, 0.5) is 5.69 Å². The maximum Gasteiger partial charge on any atom is 0.250 e. The molecule has 1 aromatic carbocycles. The summed E-state index contributed by atoms with van der Waals surface area (Å²) in [6, 6.07) is 5.32. The lowest BCUT2D eigenvalue weighted by Gasteiger charge is -2.13. The first-order chi connectivity index (χ1) is 9.21. The summed E-state index contributed by atoms with van der Waals surface area (Å²) < 4.78 is 15.6. The van der Waals surface area contributed by atoms with Crippen LogP contribution < -0.4 is 14.8 Å². The number of ether oxygens (including phenoxy) is 3. The van der Waals surface area contributed by atoms with Crippen LogP contribution in [0.25, 0.3) is 0 Å². The van der Waals surface area contributed by atoms with Crippen LogP contribution in [0.15, 0.2) is 18.2 Å². The van der Waals surface area contributed by atoms with E-state index >= 15 is 0 Å². The van der Waals surface area contributed by atoms with Crippen LogP contribution in [-0.2, 0) is 9.53 Å². The van der Waals surface area contributed by atoms with Crippen molar-refractivity contribution in [3.63, 3.8) is 0 Å². The lowest BCUT2D eigenvalue weighted by Crippen LogP contribution is -2.17. The summed E-state index contributed by atoms with van der Waals surface area (Å²) >= 11 is 0. The summed E-state index contributed by atoms with van der Waals surface area (Å²) in [6.07, 6.45) is 2.03. The van der Waals surface area contributed by atoms with Gasteiger partial charge in [-0.2, -0.15) is 0 Å². The molecule has 0 bridgehead atoms. The molecule has 0 atom stereocenters. The average molecular weight is 267 g/mol. The Morgan fingerprint density at radius 1 is 1.32 bits per heavy atom. The molecule has 1 aromatic rings. The van der Waals surface area contributed by atoms with Crippen molar-refractivity contribution in [1.29, 1.82) is 0 Å². The van der Waals surface area contributed by atoms with Crippen LogP contribution in [-0.4, -0.2) is 33.3 Å². The molecule has 5 heteroatoms. The minimum absolute atomic E-state index is 0.00557. The Morgan fingerprint density at radius 3 is 2.74 bits per heavy atom. The van der Waals surface area contributed by atoms with Crippen molar-refractivity contribution < 1.29 is 19.0 Å². The molecule has 0 saturated heterocycles. The Kier molecular flexibility index (Phi) is 6.74. The van der Waals surface area contributed by atoms with Gasteiger partial charge in [0.1, 0.15) is 18.1 Å². The molecular weight excluding hydrogens is 246 g/mol. The summed E-state index contributed by atoms with van der Waals surface area (Å²) in [5.74, 6) is 1.07. The Bertz CT molecular complexity index is 406. The van der Waals surface area contributed by atoms with Gasteiger partial charge in [-0.1, -0.05) is 13.3 Å². The fourth-order valence-corrected chi connectivity index (χ4v) is 1.50. The van der Waals surface area contributed by atoms with Gasteiger partial charge in [-0.15, -0.1) is 0 Å². The number of nitrogens with one attached hydrogen (secondary N) is 1. The number of hydrogen-bond acceptors (Lipinski definition) is 4. The van der Waals surface area contributed by atoms with Gasteiger partial charge in [0.2, 0.25) is 5.91 Å². The van der Waals surface area contributed by atoms with Gasteiger partial charge < -0.3 is 19.5 Å². The normalized spacial score (nSPS) is 10.1. The van der Waals surface area contributed by atoms with Gasteiger partial charge in [0.15, 0.2) is 0 Å². The Labute approximate surface area is 113 Å². The summed E-state index contributed by atoms with van der Waals surface area (Å²) in [7, 11) is 3.05. The van der Waals surface area contributed by atoms with Gasteiger partial charge in [-0.25, -0.2) is 0 Å². The molecule has 0 aliphatic rings. The zero-order valence-corrected chi connectivity index (χ0v) is 11.7. The van der Waals surface area contributed by atoms with E-state index in [1.54, 1.807) is 25.3 Å². The first kappa shape index (κ1) is 15.3. The van der Waals surface area contributed by atoms with Crippen molar-refractivity contribution in [2.24, 2.45) is 0 Å². The van der Waals surface area contributed by atoms with E-state index in [1.165, 1.54) is 7.11 Å². The van der Waals surface area contributed by atoms with Gasteiger partial charge in [0.25, 0.3) is 0 Å². The molecule has 0 heterocycles. The lowest BCUT2D eigenvalue weighted by atomic mass is 10.2. The number of rotatable bonds is 8. The van der Waals surface area contributed by atoms with Crippen LogP contribution >= 0.6 is 0 Å². The summed E-state index contributed by atoms with van der Waals surface area (Å²) in [6.45, 7) is 2.72. The fraction of sp³-hybridized carbons (Fsp3) is 0.500. The van der Waals surface area contributed by atoms with Crippen molar-refractivity contribution in [2.75, 3.05) is 32.8 Å². The minimum atomic E-state index is -0.226. The van der Waals surface area contributed by atoms with E-state index in [0.29, 0.717) is 23.8 Å². The molecule has 0 saturated carbocycles. The number of hydrogen-bond donors (Lipinski definition) is 1. The van der Waals surface area contributed by atoms with Gasteiger partial charge in [0, 0.05) is 13.2 Å². The molecule has 1 rings (SSSR count). The third kappa shape index (κ3) is 5.18. The predicted molar refractivity (Wildman–Crippen MR) is 73.9 cm³/mol. The maximum absolute atomic E-state index is 11.6. The standard InChI is InChI=1S/C14H21NO4/c1-4-5-8-19-13-7-6-11(18-3)9-12(13)15-14(16)10-17-2/h6-7,9H,4-5,8,10H2,1-3H3,(H,15,16). The van der Waals surface area contributed by atoms with E-state index in [9.17, 15) is 4.79 Å². The molecule has 19 heavy (non-hydrogen) atoms. The molecule has 0 spiro atoms. The van der Waals surface area contributed by atoms with Crippen molar-refractivity contribution in [2.45, 2.75) is 19.8 Å². The molecule has 1 amide bonds. The lowest BCUT2D eigenvalue weighted by molar-refractivity contribution is -0.119. The predicted octanol–water partition coefficient (Wildman–Crippen LogP) is 2.46. The quantitative estimate of drug-likeness (QED) is 0.735. The largest absolute Gasteiger partial charge is 0.497 e. The number of methoxy groups -OCH3 is 2. The SMILES string of the molecule is CCCCOc1ccc(OC)cc1NC(=O)COC. The topological polar surface area (TPSA) is 56.8 Å². The number of carbonyl (C=O) groups excluding carboxylic acids is 1. The van der Waals surface area contributed by atoms with Crippen LogP contribution in [0.3, 0.4) is 0 Å². The second-order valence-electron chi connectivity index (χ2n) is 4.05. The van der Waals surface area contributed by atoms with Crippen LogP contribution in [0.5, 0.6) is 11.5 Å². The highest BCUT2D eigenvalue weighted by Gasteiger charge is 2.09. The van der Waals surface area contributed by atoms with Crippen LogP contribution in [0, 0.1) is 0 Å². The second kappa shape index (κ2) is 8.37. The van der Waals surface area contributed by atoms with Gasteiger partial charge in [0.05, 0.1) is 19.4 Å². The minimum Gasteiger partial charge on any atom is -0.497 e. The molecular formula is C14H21NO4. The summed E-state index contributed by atoms with van der Waals surface area (Å²) in [5, 5.41) is 2.74. The summed E-state index contributed by atoms with van der Waals surface area (Å²) in [4.78, 5) is 11.6. The van der Waals surface area contributed by atoms with Gasteiger partial charge in [-0.05, 0) is 18.6 Å². The highest BCUT2D eigenvalue weighted by atomic mass is 16.5. The summed E-state index contributed by atoms with van der Waals surface area (Å²) in [5.41, 5.74) is 0.595. The fourth-order valence-electron chi connectivity index (χ4n) is 1.50. The molecule has 1 N–H and O–H groups in total. The molecule has 0 unspecified atom stereocenters. The van der Waals surface area contributed by atoms with Crippen molar-refractivity contribution in [3.05, 3.63) is 18.2 Å². The molecule has 5 nitrogen and oxygen atoms in total. The molecule has 106 valence electrons. The zero-order valence-electron chi connectivity index (χ0n) is 11.7. The van der Waals surface area contributed by atoms with Crippen molar-refractivity contribution in [1.82, 2.24) is 0 Å². The zero-order chi connectivity index (χ0) is 14.1. The number of carbonyl (C=O) groups is 1. The van der Waals surface area contributed by atoms with Crippen molar-refractivity contribution >= 4 is 11.6 Å². The van der Waals surface area contributed by atoms with Gasteiger partial charge >= 0.3 is 0 Å². The Balaban J connectivity index is 2.79. The van der Waals surface area contributed by atoms with Crippen LogP contribution in [0.1, 0.15) is 19.8 Å². The van der Waals surface area contributed by atoms with E-state index < -0.39 is 0 Å². The molecule has 0 fully saturated rings. The number of benzene rings is 1. The second-order valence-corrected chi connectivity index (χ2v) is 4.05. The third-order valence-electron chi connectivity index (χ3n) is 2.49. The molecule has 0 radical (unpaired) electrons. The van der Waals surface area contributed by atoms with E-state index in [0.717, 1.165) is 12.8 Å². The van der Waals surface area contributed by atoms with Crippen LogP contribution in [0.2, 0.25) is 0 Å².